The Bertz CT molecular complexity index is 381. The van der Waals surface area contributed by atoms with Gasteiger partial charge in [-0.15, -0.1) is 11.8 Å². The molecule has 0 atom stereocenters. The van der Waals surface area contributed by atoms with E-state index < -0.39 is 0 Å². The van der Waals surface area contributed by atoms with E-state index in [9.17, 15) is 9.59 Å². The lowest BCUT2D eigenvalue weighted by Crippen LogP contribution is -2.25. The van der Waals surface area contributed by atoms with Crippen molar-refractivity contribution in [3.8, 4) is 0 Å². The highest BCUT2D eigenvalue weighted by atomic mass is 32.2. The molecule has 1 aromatic rings. The molecule has 1 amide bonds. The Balaban J connectivity index is 2.13. The summed E-state index contributed by atoms with van der Waals surface area (Å²) < 4.78 is 4.76. The molecular weight excluding hydrogens is 250 g/mol. The summed E-state index contributed by atoms with van der Waals surface area (Å²) in [5.41, 5.74) is 1.06. The van der Waals surface area contributed by atoms with Crippen LogP contribution in [-0.2, 0) is 20.9 Å². The van der Waals surface area contributed by atoms with Crippen LogP contribution in [0.1, 0.15) is 12.5 Å². The zero-order valence-corrected chi connectivity index (χ0v) is 11.2. The number of thioether (sulfide) groups is 1. The van der Waals surface area contributed by atoms with Crippen molar-refractivity contribution in [3.05, 3.63) is 35.9 Å². The van der Waals surface area contributed by atoms with Crippen LogP contribution in [0.3, 0.4) is 0 Å². The minimum atomic E-state index is -0.279. The first-order valence-electron chi connectivity index (χ1n) is 5.76. The molecule has 1 rings (SSSR count). The second kappa shape index (κ2) is 8.58. The normalized spacial score (nSPS) is 9.83. The van der Waals surface area contributed by atoms with Crippen LogP contribution in [0.4, 0.5) is 0 Å². The third kappa shape index (κ3) is 6.30. The van der Waals surface area contributed by atoms with Gasteiger partial charge in [0.2, 0.25) is 5.91 Å². The third-order valence-corrected chi connectivity index (χ3v) is 3.00. The van der Waals surface area contributed by atoms with Crippen LogP contribution in [0, 0.1) is 0 Å². The number of esters is 1. The molecule has 0 saturated heterocycles. The summed E-state index contributed by atoms with van der Waals surface area (Å²) in [6.07, 6.45) is 0. The number of ether oxygens (including phenoxy) is 1. The summed E-state index contributed by atoms with van der Waals surface area (Å²) in [4.78, 5) is 22.5. The van der Waals surface area contributed by atoms with Crippen molar-refractivity contribution in [1.82, 2.24) is 5.32 Å². The van der Waals surface area contributed by atoms with Gasteiger partial charge >= 0.3 is 5.97 Å². The van der Waals surface area contributed by atoms with Crippen LogP contribution in [-0.4, -0.2) is 30.0 Å². The smallest absolute Gasteiger partial charge is 0.315 e. The van der Waals surface area contributed by atoms with E-state index in [1.54, 1.807) is 6.92 Å². The average molecular weight is 267 g/mol. The van der Waals surface area contributed by atoms with E-state index in [4.69, 9.17) is 4.74 Å². The molecule has 0 saturated carbocycles. The van der Waals surface area contributed by atoms with E-state index >= 15 is 0 Å². The van der Waals surface area contributed by atoms with Crippen LogP contribution in [0.5, 0.6) is 0 Å². The van der Waals surface area contributed by atoms with Crippen LogP contribution in [0.2, 0.25) is 0 Å². The second-order valence-electron chi connectivity index (χ2n) is 3.56. The van der Waals surface area contributed by atoms with Crippen LogP contribution in [0.15, 0.2) is 30.3 Å². The topological polar surface area (TPSA) is 55.4 Å². The number of hydrogen-bond donors (Lipinski definition) is 1. The molecule has 0 aliphatic carbocycles. The number of rotatable bonds is 7. The number of amides is 1. The first-order chi connectivity index (χ1) is 8.72. The van der Waals surface area contributed by atoms with Crippen molar-refractivity contribution in [2.75, 3.05) is 18.1 Å². The minimum Gasteiger partial charge on any atom is -0.465 e. The molecule has 0 radical (unpaired) electrons. The van der Waals surface area contributed by atoms with E-state index in [1.165, 1.54) is 11.8 Å². The van der Waals surface area contributed by atoms with Gasteiger partial charge in [-0.3, -0.25) is 9.59 Å². The summed E-state index contributed by atoms with van der Waals surface area (Å²) >= 11 is 1.26. The van der Waals surface area contributed by atoms with Crippen molar-refractivity contribution in [1.29, 1.82) is 0 Å². The zero-order chi connectivity index (χ0) is 13.2. The summed E-state index contributed by atoms with van der Waals surface area (Å²) in [5.74, 6) is 0.129. The van der Waals surface area contributed by atoms with Crippen LogP contribution in [0.25, 0.3) is 0 Å². The van der Waals surface area contributed by atoms with Crippen molar-refractivity contribution in [3.63, 3.8) is 0 Å². The fourth-order valence-electron chi connectivity index (χ4n) is 1.28. The third-order valence-electron chi connectivity index (χ3n) is 2.09. The molecule has 0 bridgehead atoms. The summed E-state index contributed by atoms with van der Waals surface area (Å²) in [5, 5.41) is 2.79. The van der Waals surface area contributed by atoms with Crippen LogP contribution >= 0.6 is 11.8 Å². The van der Waals surface area contributed by atoms with Crippen LogP contribution < -0.4 is 5.32 Å². The van der Waals surface area contributed by atoms with E-state index in [0.717, 1.165) is 5.56 Å². The van der Waals surface area contributed by atoms with Gasteiger partial charge in [0.05, 0.1) is 18.1 Å². The Morgan fingerprint density at radius 1 is 1.22 bits per heavy atom. The van der Waals surface area contributed by atoms with Crippen molar-refractivity contribution in [2.24, 2.45) is 0 Å². The fourth-order valence-corrected chi connectivity index (χ4v) is 1.92. The molecule has 0 aromatic heterocycles. The lowest BCUT2D eigenvalue weighted by Gasteiger charge is -2.05. The maximum atomic E-state index is 11.5. The lowest BCUT2D eigenvalue weighted by atomic mass is 10.2. The summed E-state index contributed by atoms with van der Waals surface area (Å²) in [6.45, 7) is 2.65. The number of carbonyl (C=O) groups excluding carboxylic acids is 2. The van der Waals surface area contributed by atoms with Gasteiger partial charge < -0.3 is 10.1 Å². The van der Waals surface area contributed by atoms with Crippen molar-refractivity contribution in [2.45, 2.75) is 13.5 Å². The van der Waals surface area contributed by atoms with E-state index in [1.807, 2.05) is 30.3 Å². The van der Waals surface area contributed by atoms with Gasteiger partial charge in [-0.25, -0.2) is 0 Å². The SMILES string of the molecule is CCOC(=O)CSCC(=O)NCc1ccccc1. The van der Waals surface area contributed by atoms with Gasteiger partial charge in [-0.2, -0.15) is 0 Å². The zero-order valence-electron chi connectivity index (χ0n) is 10.3. The molecule has 18 heavy (non-hydrogen) atoms. The Morgan fingerprint density at radius 3 is 2.61 bits per heavy atom. The molecule has 0 fully saturated rings. The maximum Gasteiger partial charge on any atom is 0.315 e. The van der Waals surface area contributed by atoms with Gasteiger partial charge in [0.25, 0.3) is 0 Å². The highest BCUT2D eigenvalue weighted by Gasteiger charge is 2.05. The molecule has 1 N–H and O–H groups in total. The standard InChI is InChI=1S/C13H17NO3S/c1-2-17-13(16)10-18-9-12(15)14-8-11-6-4-3-5-7-11/h3-7H,2,8-10H2,1H3,(H,14,15). The lowest BCUT2D eigenvalue weighted by molar-refractivity contribution is -0.139. The average Bonchev–Trinajstić information content (AvgIpc) is 2.38. The molecule has 0 spiro atoms. The van der Waals surface area contributed by atoms with Crippen molar-refractivity contribution < 1.29 is 14.3 Å². The predicted molar refractivity (Wildman–Crippen MR) is 72.2 cm³/mol. The van der Waals surface area contributed by atoms with Crippen molar-refractivity contribution >= 4 is 23.6 Å². The number of carbonyl (C=O) groups is 2. The molecular formula is C13H17NO3S. The molecule has 98 valence electrons. The monoisotopic (exact) mass is 267 g/mol. The molecule has 1 aromatic carbocycles. The first-order valence-corrected chi connectivity index (χ1v) is 6.92. The maximum absolute atomic E-state index is 11.5. The summed E-state index contributed by atoms with van der Waals surface area (Å²) in [6, 6.07) is 9.69. The molecule has 0 unspecified atom stereocenters. The van der Waals surface area contributed by atoms with E-state index in [2.05, 4.69) is 5.32 Å². The second-order valence-corrected chi connectivity index (χ2v) is 4.55. The molecule has 0 aliphatic rings. The van der Waals surface area contributed by atoms with Gasteiger partial charge in [0.1, 0.15) is 0 Å². The highest BCUT2D eigenvalue weighted by molar-refractivity contribution is 8.00. The molecule has 4 nitrogen and oxygen atoms in total. The predicted octanol–water partition coefficient (Wildman–Crippen LogP) is 1.60. The summed E-state index contributed by atoms with van der Waals surface area (Å²) in [7, 11) is 0. The Kier molecular flexibility index (Phi) is 6.94. The largest absolute Gasteiger partial charge is 0.465 e. The Hall–Kier alpha value is -1.49. The number of nitrogens with one attached hydrogen (secondary N) is 1. The first kappa shape index (κ1) is 14.6. The molecule has 0 heterocycles. The molecule has 0 aliphatic heterocycles. The Labute approximate surface area is 111 Å². The molecule has 5 heteroatoms. The minimum absolute atomic E-state index is 0.0758. The van der Waals surface area contributed by atoms with Gasteiger partial charge in [0.15, 0.2) is 0 Å². The highest BCUT2D eigenvalue weighted by Crippen LogP contribution is 2.01. The quantitative estimate of drug-likeness (QED) is 0.762. The van der Waals surface area contributed by atoms with E-state index in [-0.39, 0.29) is 23.4 Å². The van der Waals surface area contributed by atoms with Gasteiger partial charge in [0, 0.05) is 6.54 Å². The van der Waals surface area contributed by atoms with E-state index in [0.29, 0.717) is 13.2 Å². The van der Waals surface area contributed by atoms with Gasteiger partial charge in [-0.05, 0) is 12.5 Å². The number of benzene rings is 1. The number of hydrogen-bond acceptors (Lipinski definition) is 4. The fraction of sp³-hybridized carbons (Fsp3) is 0.385. The van der Waals surface area contributed by atoms with Gasteiger partial charge in [-0.1, -0.05) is 30.3 Å². The Morgan fingerprint density at radius 2 is 1.94 bits per heavy atom.